The van der Waals surface area contributed by atoms with E-state index in [0.29, 0.717) is 33.8 Å². The molecule has 0 unspecified atom stereocenters. The van der Waals surface area contributed by atoms with Gasteiger partial charge in [0, 0.05) is 6.42 Å². The van der Waals surface area contributed by atoms with Gasteiger partial charge in [-0.3, -0.25) is 4.79 Å². The highest BCUT2D eigenvalue weighted by Gasteiger charge is 2.12. The Balaban J connectivity index is 2.06. The molecule has 128 valence electrons. The molecular weight excluding hydrogens is 347 g/mol. The van der Waals surface area contributed by atoms with Crippen LogP contribution < -0.4 is 4.74 Å². The zero-order chi connectivity index (χ0) is 17.7. The molecule has 1 aliphatic carbocycles. The van der Waals surface area contributed by atoms with Crippen LogP contribution in [0.1, 0.15) is 6.42 Å². The quantitative estimate of drug-likeness (QED) is 0.428. The van der Waals surface area contributed by atoms with Gasteiger partial charge < -0.3 is 9.22 Å². The molecule has 0 bridgehead atoms. The Hall–Kier alpha value is -1.62. The second-order valence-corrected chi connectivity index (χ2v) is 7.37. The fraction of sp³-hybridized carbons (Fsp3) is 0.333. The number of rotatable bonds is 6. The summed E-state index contributed by atoms with van der Waals surface area (Å²) in [6.07, 6.45) is 7.14. The lowest BCUT2D eigenvalue weighted by Crippen LogP contribution is -2.35. The second kappa shape index (κ2) is 7.97. The summed E-state index contributed by atoms with van der Waals surface area (Å²) in [7, 11) is 6.40. The van der Waals surface area contributed by atoms with Crippen molar-refractivity contribution >= 4 is 40.4 Å². The molecule has 0 saturated heterocycles. The van der Waals surface area contributed by atoms with E-state index in [1.807, 2.05) is 0 Å². The average molecular weight is 368 g/mol. The Labute approximate surface area is 152 Å². The number of carbonyl (C=O) groups is 1. The van der Waals surface area contributed by atoms with Crippen LogP contribution in [-0.2, 0) is 4.79 Å². The summed E-state index contributed by atoms with van der Waals surface area (Å²) in [5.41, 5.74) is 1.28. The molecule has 0 N–H and O–H groups in total. The maximum absolute atomic E-state index is 11.1. The maximum atomic E-state index is 11.1. The molecular formula is C18H21Cl2N2O2+. The van der Waals surface area contributed by atoms with E-state index >= 15 is 0 Å². The third-order valence-electron chi connectivity index (χ3n) is 3.30. The van der Waals surface area contributed by atoms with Crippen LogP contribution >= 0.6 is 23.2 Å². The van der Waals surface area contributed by atoms with E-state index in [1.165, 1.54) is 12.2 Å². The number of ketones is 1. The molecule has 0 heterocycles. The summed E-state index contributed by atoms with van der Waals surface area (Å²) < 4.78 is 6.61. The smallest absolute Gasteiger partial charge is 0.178 e. The van der Waals surface area contributed by atoms with Gasteiger partial charge in [-0.15, -0.1) is 0 Å². The van der Waals surface area contributed by atoms with Crippen LogP contribution in [0.2, 0.25) is 10.0 Å². The molecule has 0 fully saturated rings. The highest BCUT2D eigenvalue weighted by atomic mass is 35.5. The van der Waals surface area contributed by atoms with E-state index in [2.05, 4.69) is 26.1 Å². The van der Waals surface area contributed by atoms with Crippen molar-refractivity contribution in [3.63, 3.8) is 0 Å². The molecule has 1 aliphatic rings. The Morgan fingerprint density at radius 3 is 2.17 bits per heavy atom. The first kappa shape index (κ1) is 18.7. The van der Waals surface area contributed by atoms with Gasteiger partial charge in [-0.05, 0) is 36.4 Å². The monoisotopic (exact) mass is 367 g/mol. The summed E-state index contributed by atoms with van der Waals surface area (Å²) in [5, 5.41) is 0.846. The van der Waals surface area contributed by atoms with Gasteiger partial charge in [0.05, 0.1) is 55.7 Å². The van der Waals surface area contributed by atoms with Gasteiger partial charge in [0.1, 0.15) is 0 Å². The third-order valence-corrected chi connectivity index (χ3v) is 3.86. The number of nitrogens with zero attached hydrogens (tertiary/aromatic N) is 2. The third kappa shape index (κ3) is 5.78. The lowest BCUT2D eigenvalue weighted by molar-refractivity contribution is -0.870. The lowest BCUT2D eigenvalue weighted by atomic mass is 10.1. The largest absolute Gasteiger partial charge is 0.490 e. The fourth-order valence-corrected chi connectivity index (χ4v) is 2.72. The van der Waals surface area contributed by atoms with Gasteiger partial charge in [0.15, 0.2) is 11.5 Å². The van der Waals surface area contributed by atoms with Crippen LogP contribution in [0, 0.1) is 0 Å². The normalized spacial score (nSPS) is 14.2. The standard InChI is InChI=1S/C18H21Cl2N2O2/c1-22(2,3)9-4-10-24-18-16(19)11-14(12-17(18)20)21-13-5-7-15(23)8-6-13/h5-8,11-12H,4,9-10H2,1-3H3/q+1. The average Bonchev–Trinajstić information content (AvgIpc) is 2.47. The minimum atomic E-state index is -0.0531. The highest BCUT2D eigenvalue weighted by molar-refractivity contribution is 6.37. The van der Waals surface area contributed by atoms with E-state index in [-0.39, 0.29) is 5.78 Å². The number of halogens is 2. The van der Waals surface area contributed by atoms with Crippen molar-refractivity contribution in [3.8, 4) is 5.75 Å². The number of carbonyl (C=O) groups excluding carboxylic acids is 1. The number of allylic oxidation sites excluding steroid dienone is 4. The van der Waals surface area contributed by atoms with Gasteiger partial charge >= 0.3 is 0 Å². The number of aliphatic imine (C=N–C) groups is 1. The Morgan fingerprint density at radius 2 is 1.62 bits per heavy atom. The minimum absolute atomic E-state index is 0.0531. The van der Waals surface area contributed by atoms with Gasteiger partial charge in [-0.25, -0.2) is 4.99 Å². The molecule has 24 heavy (non-hydrogen) atoms. The first-order valence-electron chi connectivity index (χ1n) is 7.66. The van der Waals surface area contributed by atoms with Gasteiger partial charge in [0.25, 0.3) is 0 Å². The zero-order valence-electron chi connectivity index (χ0n) is 14.1. The molecule has 0 atom stereocenters. The van der Waals surface area contributed by atoms with E-state index in [0.717, 1.165) is 17.4 Å². The number of benzene rings is 1. The molecule has 4 nitrogen and oxygen atoms in total. The van der Waals surface area contributed by atoms with Crippen LogP contribution in [0.3, 0.4) is 0 Å². The molecule has 0 spiro atoms. The molecule has 0 aromatic heterocycles. The molecule has 0 radical (unpaired) electrons. The van der Waals surface area contributed by atoms with Crippen LogP contribution in [-0.4, -0.2) is 50.3 Å². The molecule has 1 aromatic rings. The SMILES string of the molecule is C[N+](C)(C)CCCOc1c(Cl)cc(N=C2C=CC(=O)C=C2)cc1Cl. The van der Waals surface area contributed by atoms with Crippen LogP contribution in [0.25, 0.3) is 0 Å². The van der Waals surface area contributed by atoms with E-state index < -0.39 is 0 Å². The summed E-state index contributed by atoms with van der Waals surface area (Å²) in [6.45, 7) is 1.55. The minimum Gasteiger partial charge on any atom is -0.490 e. The molecule has 0 aliphatic heterocycles. The van der Waals surface area contributed by atoms with E-state index in [9.17, 15) is 4.79 Å². The summed E-state index contributed by atoms with van der Waals surface area (Å²) in [6, 6.07) is 3.40. The Bertz CT molecular complexity index is 675. The van der Waals surface area contributed by atoms with E-state index in [1.54, 1.807) is 24.3 Å². The fourth-order valence-electron chi connectivity index (χ4n) is 2.13. The van der Waals surface area contributed by atoms with Crippen molar-refractivity contribution in [2.45, 2.75) is 6.42 Å². The summed E-state index contributed by atoms with van der Waals surface area (Å²) >= 11 is 12.5. The summed E-state index contributed by atoms with van der Waals surface area (Å²) in [5.74, 6) is 0.427. The van der Waals surface area contributed by atoms with Crippen LogP contribution in [0.15, 0.2) is 41.4 Å². The number of hydrogen-bond donors (Lipinski definition) is 0. The van der Waals surface area contributed by atoms with Crippen molar-refractivity contribution in [1.29, 1.82) is 0 Å². The van der Waals surface area contributed by atoms with Crippen molar-refractivity contribution in [2.75, 3.05) is 34.3 Å². The number of quaternary nitrogens is 1. The zero-order valence-corrected chi connectivity index (χ0v) is 15.6. The molecule has 0 amide bonds. The molecule has 2 rings (SSSR count). The second-order valence-electron chi connectivity index (χ2n) is 6.56. The van der Waals surface area contributed by atoms with Gasteiger partial charge in [0.2, 0.25) is 0 Å². The maximum Gasteiger partial charge on any atom is 0.178 e. The van der Waals surface area contributed by atoms with Crippen LogP contribution in [0.4, 0.5) is 5.69 Å². The Kier molecular flexibility index (Phi) is 6.21. The predicted molar refractivity (Wildman–Crippen MR) is 99.9 cm³/mol. The Morgan fingerprint density at radius 1 is 1.04 bits per heavy atom. The van der Waals surface area contributed by atoms with Crippen molar-refractivity contribution in [1.82, 2.24) is 0 Å². The highest BCUT2D eigenvalue weighted by Crippen LogP contribution is 2.37. The van der Waals surface area contributed by atoms with Crippen molar-refractivity contribution in [2.24, 2.45) is 4.99 Å². The molecule has 6 heteroatoms. The molecule has 0 saturated carbocycles. The predicted octanol–water partition coefficient (Wildman–Crippen LogP) is 4.24. The van der Waals surface area contributed by atoms with Gasteiger partial charge in [-0.1, -0.05) is 23.2 Å². The van der Waals surface area contributed by atoms with E-state index in [4.69, 9.17) is 27.9 Å². The number of hydrogen-bond acceptors (Lipinski definition) is 3. The van der Waals surface area contributed by atoms with Gasteiger partial charge in [-0.2, -0.15) is 0 Å². The lowest BCUT2D eigenvalue weighted by Gasteiger charge is -2.23. The summed E-state index contributed by atoms with van der Waals surface area (Å²) in [4.78, 5) is 15.5. The van der Waals surface area contributed by atoms with Crippen molar-refractivity contribution < 1.29 is 14.0 Å². The molecule has 1 aromatic carbocycles. The number of ether oxygens (including phenoxy) is 1. The first-order valence-corrected chi connectivity index (χ1v) is 8.41. The van der Waals surface area contributed by atoms with Crippen LogP contribution in [0.5, 0.6) is 5.75 Å². The first-order chi connectivity index (χ1) is 11.2. The topological polar surface area (TPSA) is 38.7 Å². The van der Waals surface area contributed by atoms with Crippen molar-refractivity contribution in [3.05, 3.63) is 46.5 Å².